The summed E-state index contributed by atoms with van der Waals surface area (Å²) in [6.45, 7) is 14.6. The molecule has 3 rings (SSSR count). The minimum Gasteiger partial charge on any atom is -0.444 e. The van der Waals surface area contributed by atoms with Crippen LogP contribution in [0, 0.1) is 0 Å². The minimum absolute atomic E-state index is 0.436. The molecule has 1 amide bonds. The molecule has 0 bridgehead atoms. The van der Waals surface area contributed by atoms with Gasteiger partial charge in [0.05, 0.1) is 6.54 Å². The molecule has 8 nitrogen and oxygen atoms in total. The molecule has 1 aliphatic rings. The second kappa shape index (κ2) is 9.14. The Bertz CT molecular complexity index is 821. The zero-order valence-corrected chi connectivity index (χ0v) is 18.6. The van der Waals surface area contributed by atoms with Crippen LogP contribution in [-0.2, 0) is 23.4 Å². The van der Waals surface area contributed by atoms with Gasteiger partial charge in [-0.05, 0) is 40.2 Å². The first-order chi connectivity index (χ1) is 14.1. The third-order valence-electron chi connectivity index (χ3n) is 4.91. The number of ether oxygens (including phenoxy) is 1. The van der Waals surface area contributed by atoms with Gasteiger partial charge in [0.25, 0.3) is 0 Å². The van der Waals surface area contributed by atoms with Crippen LogP contribution in [0.4, 0.5) is 4.79 Å². The fourth-order valence-corrected chi connectivity index (χ4v) is 3.33. The molecular weight excluding hydrogens is 382 g/mol. The summed E-state index contributed by atoms with van der Waals surface area (Å²) in [5.41, 5.74) is -0.0174. The number of rotatable bonds is 6. The van der Waals surface area contributed by atoms with Crippen LogP contribution in [0.1, 0.15) is 51.9 Å². The van der Waals surface area contributed by atoms with Crippen molar-refractivity contribution < 1.29 is 14.1 Å². The molecule has 1 saturated heterocycles. The molecule has 0 radical (unpaired) electrons. The van der Waals surface area contributed by atoms with Crippen LogP contribution in [0.25, 0.3) is 0 Å². The Hall–Kier alpha value is -2.45. The summed E-state index contributed by atoms with van der Waals surface area (Å²) in [6, 6.07) is 10.5. The zero-order valence-electron chi connectivity index (χ0n) is 18.6. The number of alkyl carbamates (subject to hydrolysis) is 1. The standard InChI is InChI=1S/C22H33N5O3/c1-21(2,3)29-20(28)24-22(4,5)19-23-18(30-25-19)16-27-13-11-26(12-14-27)15-17-9-7-6-8-10-17/h6-10H,11-16H2,1-5H3,(H,24,28). The van der Waals surface area contributed by atoms with Crippen molar-refractivity contribution in [2.24, 2.45) is 0 Å². The van der Waals surface area contributed by atoms with Crippen LogP contribution >= 0.6 is 0 Å². The number of hydrogen-bond acceptors (Lipinski definition) is 7. The van der Waals surface area contributed by atoms with Gasteiger partial charge in [0.15, 0.2) is 5.82 Å². The first-order valence-corrected chi connectivity index (χ1v) is 10.4. The summed E-state index contributed by atoms with van der Waals surface area (Å²) < 4.78 is 10.8. The maximum absolute atomic E-state index is 12.1. The fourth-order valence-electron chi connectivity index (χ4n) is 3.33. The molecule has 2 aromatic rings. The predicted octanol–water partition coefficient (Wildman–Crippen LogP) is 3.15. The van der Waals surface area contributed by atoms with Gasteiger partial charge in [0.1, 0.15) is 11.1 Å². The highest BCUT2D eigenvalue weighted by Gasteiger charge is 2.31. The van der Waals surface area contributed by atoms with Crippen molar-refractivity contribution in [2.45, 2.75) is 58.8 Å². The van der Waals surface area contributed by atoms with Crippen molar-refractivity contribution in [2.75, 3.05) is 26.2 Å². The third kappa shape index (κ3) is 6.53. The number of nitrogens with zero attached hydrogens (tertiary/aromatic N) is 4. The van der Waals surface area contributed by atoms with Crippen LogP contribution in [-0.4, -0.2) is 57.8 Å². The fraction of sp³-hybridized carbons (Fsp3) is 0.591. The molecule has 0 spiro atoms. The minimum atomic E-state index is -0.793. The van der Waals surface area contributed by atoms with E-state index in [2.05, 4.69) is 49.5 Å². The molecule has 2 heterocycles. The zero-order chi connectivity index (χ0) is 21.8. The van der Waals surface area contributed by atoms with Gasteiger partial charge >= 0.3 is 6.09 Å². The summed E-state index contributed by atoms with van der Waals surface area (Å²) in [5.74, 6) is 0.992. The average molecular weight is 416 g/mol. The van der Waals surface area contributed by atoms with Gasteiger partial charge in [0.2, 0.25) is 5.89 Å². The Morgan fingerprint density at radius 2 is 1.63 bits per heavy atom. The van der Waals surface area contributed by atoms with Gasteiger partial charge in [-0.2, -0.15) is 4.98 Å². The van der Waals surface area contributed by atoms with E-state index in [0.717, 1.165) is 32.7 Å². The van der Waals surface area contributed by atoms with E-state index in [1.807, 2.05) is 40.7 Å². The van der Waals surface area contributed by atoms with Crippen molar-refractivity contribution in [1.29, 1.82) is 0 Å². The Kier molecular flexibility index (Phi) is 6.77. The highest BCUT2D eigenvalue weighted by molar-refractivity contribution is 5.68. The van der Waals surface area contributed by atoms with Gasteiger partial charge in [0, 0.05) is 32.7 Å². The molecule has 164 valence electrons. The maximum atomic E-state index is 12.1. The van der Waals surface area contributed by atoms with Crippen LogP contribution in [0.2, 0.25) is 0 Å². The lowest BCUT2D eigenvalue weighted by Gasteiger charge is -2.33. The molecule has 0 aliphatic carbocycles. The largest absolute Gasteiger partial charge is 0.444 e. The lowest BCUT2D eigenvalue weighted by molar-refractivity contribution is 0.0465. The summed E-state index contributed by atoms with van der Waals surface area (Å²) in [5, 5.41) is 6.89. The topological polar surface area (TPSA) is 83.7 Å². The Balaban J connectivity index is 1.49. The molecule has 0 saturated carbocycles. The normalized spacial score (nSPS) is 16.4. The highest BCUT2D eigenvalue weighted by atomic mass is 16.6. The van der Waals surface area contributed by atoms with E-state index in [0.29, 0.717) is 18.3 Å². The van der Waals surface area contributed by atoms with Gasteiger partial charge in [-0.15, -0.1) is 0 Å². The molecule has 1 aliphatic heterocycles. The Labute approximate surface area is 178 Å². The number of carbonyl (C=O) groups excluding carboxylic acids is 1. The van der Waals surface area contributed by atoms with Gasteiger partial charge < -0.3 is 14.6 Å². The van der Waals surface area contributed by atoms with Crippen molar-refractivity contribution in [3.63, 3.8) is 0 Å². The van der Waals surface area contributed by atoms with Gasteiger partial charge in [-0.1, -0.05) is 35.5 Å². The van der Waals surface area contributed by atoms with Gasteiger partial charge in [-0.25, -0.2) is 4.79 Å². The summed E-state index contributed by atoms with van der Waals surface area (Å²) in [6.07, 6.45) is -0.506. The van der Waals surface area contributed by atoms with Crippen LogP contribution in [0.3, 0.4) is 0 Å². The molecule has 1 aromatic carbocycles. The van der Waals surface area contributed by atoms with Crippen LogP contribution < -0.4 is 5.32 Å². The number of aromatic nitrogens is 2. The average Bonchev–Trinajstić information content (AvgIpc) is 3.12. The second-order valence-corrected chi connectivity index (χ2v) is 9.30. The van der Waals surface area contributed by atoms with Crippen molar-refractivity contribution in [1.82, 2.24) is 25.3 Å². The van der Waals surface area contributed by atoms with E-state index in [1.54, 1.807) is 0 Å². The maximum Gasteiger partial charge on any atom is 0.408 e. The summed E-state index contributed by atoms with van der Waals surface area (Å²) >= 11 is 0. The van der Waals surface area contributed by atoms with E-state index >= 15 is 0 Å². The molecule has 30 heavy (non-hydrogen) atoms. The second-order valence-electron chi connectivity index (χ2n) is 9.30. The number of hydrogen-bond donors (Lipinski definition) is 1. The Morgan fingerprint density at radius 1 is 1.03 bits per heavy atom. The predicted molar refractivity (Wildman–Crippen MR) is 114 cm³/mol. The molecule has 1 aromatic heterocycles. The summed E-state index contributed by atoms with van der Waals surface area (Å²) in [7, 11) is 0. The van der Waals surface area contributed by atoms with E-state index < -0.39 is 17.2 Å². The number of benzene rings is 1. The molecule has 0 unspecified atom stereocenters. The van der Waals surface area contributed by atoms with Crippen molar-refractivity contribution >= 4 is 6.09 Å². The molecule has 1 fully saturated rings. The highest BCUT2D eigenvalue weighted by Crippen LogP contribution is 2.19. The van der Waals surface area contributed by atoms with Crippen LogP contribution in [0.5, 0.6) is 0 Å². The van der Waals surface area contributed by atoms with Gasteiger partial charge in [-0.3, -0.25) is 9.80 Å². The van der Waals surface area contributed by atoms with Crippen LogP contribution in [0.15, 0.2) is 34.9 Å². The smallest absolute Gasteiger partial charge is 0.408 e. The third-order valence-corrected chi connectivity index (χ3v) is 4.91. The van der Waals surface area contributed by atoms with E-state index in [1.165, 1.54) is 5.56 Å². The van der Waals surface area contributed by atoms with Crippen molar-refractivity contribution in [3.8, 4) is 0 Å². The quantitative estimate of drug-likeness (QED) is 0.776. The van der Waals surface area contributed by atoms with E-state index in [4.69, 9.17) is 9.26 Å². The number of amides is 1. The van der Waals surface area contributed by atoms with Crippen molar-refractivity contribution in [3.05, 3.63) is 47.6 Å². The molecule has 8 heteroatoms. The lowest BCUT2D eigenvalue weighted by atomic mass is 10.1. The summed E-state index contributed by atoms with van der Waals surface area (Å²) in [4.78, 5) is 21.4. The number of carbonyl (C=O) groups is 1. The monoisotopic (exact) mass is 415 g/mol. The first kappa shape index (κ1) is 22.2. The molecule has 0 atom stereocenters. The SMILES string of the molecule is CC(C)(C)OC(=O)NC(C)(C)c1noc(CN2CCN(Cc3ccccc3)CC2)n1. The lowest BCUT2D eigenvalue weighted by Crippen LogP contribution is -2.45. The molecule has 1 N–H and O–H groups in total. The van der Waals surface area contributed by atoms with E-state index in [9.17, 15) is 4.79 Å². The molecular formula is C22H33N5O3. The first-order valence-electron chi connectivity index (χ1n) is 10.4. The van der Waals surface area contributed by atoms with E-state index in [-0.39, 0.29) is 0 Å². The number of nitrogens with one attached hydrogen (secondary N) is 1. The number of piperazine rings is 1. The Morgan fingerprint density at radius 3 is 2.23 bits per heavy atom.